The Morgan fingerprint density at radius 2 is 1.53 bits per heavy atom. The molecular formula is C22H21F3N2O5. The van der Waals surface area contributed by atoms with Crippen LogP contribution in [0.5, 0.6) is 0 Å². The lowest BCUT2D eigenvalue weighted by Gasteiger charge is -2.22. The van der Waals surface area contributed by atoms with Crippen molar-refractivity contribution in [1.29, 1.82) is 0 Å². The number of hydrogen-bond donors (Lipinski definition) is 3. The van der Waals surface area contributed by atoms with Crippen LogP contribution in [0.1, 0.15) is 30.4 Å². The standard InChI is InChI=1S/C22H21F3N2O5/c1-12(20(30)27-18(10-19(28)29)22(23,24)25)26-21(31)32-11-17-15-8-4-2-6-13(15)14-7-3-5-9-16(14)17/h2-9,12,17-18H,10-11H2,1H3,(H,26,31)(H,27,30)(H,28,29)/t12-,18?/m1/s1. The fourth-order valence-corrected chi connectivity index (χ4v) is 3.60. The number of carbonyl (C=O) groups excluding carboxylic acids is 2. The number of rotatable bonds is 7. The van der Waals surface area contributed by atoms with Gasteiger partial charge in [0.25, 0.3) is 0 Å². The van der Waals surface area contributed by atoms with Crippen LogP contribution in [0.15, 0.2) is 48.5 Å². The molecule has 0 fully saturated rings. The van der Waals surface area contributed by atoms with Crippen LogP contribution in [0.2, 0.25) is 0 Å². The van der Waals surface area contributed by atoms with Gasteiger partial charge < -0.3 is 20.5 Å². The van der Waals surface area contributed by atoms with Gasteiger partial charge in [0.05, 0.1) is 6.42 Å². The average molecular weight is 450 g/mol. The molecule has 1 aliphatic carbocycles. The van der Waals surface area contributed by atoms with E-state index in [1.165, 1.54) is 6.92 Å². The first kappa shape index (κ1) is 23.1. The number of fused-ring (bicyclic) bond motifs is 3. The predicted octanol–water partition coefficient (Wildman–Crippen LogP) is 3.44. The van der Waals surface area contributed by atoms with Gasteiger partial charge in [-0.05, 0) is 29.2 Å². The number of amides is 2. The van der Waals surface area contributed by atoms with Crippen molar-refractivity contribution in [3.8, 4) is 11.1 Å². The van der Waals surface area contributed by atoms with Crippen LogP contribution >= 0.6 is 0 Å². The Bertz CT molecular complexity index is 979. The van der Waals surface area contributed by atoms with Crippen LogP contribution in [0.25, 0.3) is 11.1 Å². The van der Waals surface area contributed by atoms with Crippen molar-refractivity contribution in [2.24, 2.45) is 0 Å². The fraction of sp³-hybridized carbons (Fsp3) is 0.318. The third-order valence-electron chi connectivity index (χ3n) is 5.16. The van der Waals surface area contributed by atoms with Crippen LogP contribution in [0.4, 0.5) is 18.0 Å². The smallest absolute Gasteiger partial charge is 0.409 e. The molecule has 0 saturated carbocycles. The van der Waals surface area contributed by atoms with E-state index in [0.717, 1.165) is 22.3 Å². The van der Waals surface area contributed by atoms with Gasteiger partial charge in [-0.1, -0.05) is 48.5 Å². The normalized spacial score (nSPS) is 14.6. The minimum atomic E-state index is -4.95. The quantitative estimate of drug-likeness (QED) is 0.600. The molecule has 3 rings (SSSR count). The van der Waals surface area contributed by atoms with Gasteiger partial charge in [-0.3, -0.25) is 9.59 Å². The monoisotopic (exact) mass is 450 g/mol. The van der Waals surface area contributed by atoms with Crippen molar-refractivity contribution in [2.75, 3.05) is 6.61 Å². The molecule has 7 nitrogen and oxygen atoms in total. The van der Waals surface area contributed by atoms with Crippen LogP contribution in [-0.4, -0.2) is 47.9 Å². The number of halogens is 3. The molecule has 2 atom stereocenters. The van der Waals surface area contributed by atoms with Gasteiger partial charge >= 0.3 is 18.2 Å². The molecule has 0 heterocycles. The van der Waals surface area contributed by atoms with Crippen molar-refractivity contribution in [3.63, 3.8) is 0 Å². The van der Waals surface area contributed by atoms with Gasteiger partial charge in [-0.15, -0.1) is 0 Å². The molecule has 0 aliphatic heterocycles. The lowest BCUT2D eigenvalue weighted by molar-refractivity contribution is -0.170. The molecule has 2 aromatic carbocycles. The summed E-state index contributed by atoms with van der Waals surface area (Å²) in [5, 5.41) is 12.4. The van der Waals surface area contributed by atoms with Gasteiger partial charge in [-0.25, -0.2) is 4.79 Å². The summed E-state index contributed by atoms with van der Waals surface area (Å²) in [6.07, 6.45) is -7.25. The molecule has 10 heteroatoms. The average Bonchev–Trinajstić information content (AvgIpc) is 3.04. The van der Waals surface area contributed by atoms with Gasteiger partial charge in [0.2, 0.25) is 5.91 Å². The Morgan fingerprint density at radius 1 is 1.00 bits per heavy atom. The second-order valence-corrected chi connectivity index (χ2v) is 7.39. The molecule has 0 spiro atoms. The van der Waals surface area contributed by atoms with E-state index in [0.29, 0.717) is 0 Å². The molecule has 1 aliphatic rings. The van der Waals surface area contributed by atoms with Gasteiger partial charge in [0.1, 0.15) is 18.7 Å². The van der Waals surface area contributed by atoms with Crippen molar-refractivity contribution in [1.82, 2.24) is 10.6 Å². The number of alkyl halides is 3. The Balaban J connectivity index is 1.59. The molecule has 0 radical (unpaired) electrons. The van der Waals surface area contributed by atoms with Crippen LogP contribution in [-0.2, 0) is 14.3 Å². The van der Waals surface area contributed by atoms with Crippen molar-refractivity contribution in [3.05, 3.63) is 59.7 Å². The fourth-order valence-electron chi connectivity index (χ4n) is 3.60. The maximum Gasteiger partial charge on any atom is 0.409 e. The Labute approximate surface area is 181 Å². The molecule has 32 heavy (non-hydrogen) atoms. The summed E-state index contributed by atoms with van der Waals surface area (Å²) >= 11 is 0. The largest absolute Gasteiger partial charge is 0.481 e. The number of ether oxygens (including phenoxy) is 1. The van der Waals surface area contributed by atoms with Crippen LogP contribution < -0.4 is 10.6 Å². The number of aliphatic carboxylic acids is 1. The molecule has 0 saturated heterocycles. The summed E-state index contributed by atoms with van der Waals surface area (Å²) < 4.78 is 44.0. The highest BCUT2D eigenvalue weighted by Crippen LogP contribution is 2.44. The summed E-state index contributed by atoms with van der Waals surface area (Å²) in [6, 6.07) is 11.4. The first-order valence-electron chi connectivity index (χ1n) is 9.78. The Hall–Kier alpha value is -3.56. The lowest BCUT2D eigenvalue weighted by Crippen LogP contribution is -2.53. The zero-order chi connectivity index (χ0) is 23.5. The second-order valence-electron chi connectivity index (χ2n) is 7.39. The first-order chi connectivity index (χ1) is 15.1. The second kappa shape index (κ2) is 9.29. The minimum Gasteiger partial charge on any atom is -0.481 e. The third-order valence-corrected chi connectivity index (χ3v) is 5.16. The summed E-state index contributed by atoms with van der Waals surface area (Å²) in [5.41, 5.74) is 4.02. The maximum absolute atomic E-state index is 12.9. The van der Waals surface area contributed by atoms with Gasteiger partial charge in [0.15, 0.2) is 0 Å². The first-order valence-corrected chi connectivity index (χ1v) is 9.78. The topological polar surface area (TPSA) is 105 Å². The zero-order valence-corrected chi connectivity index (χ0v) is 17.0. The highest BCUT2D eigenvalue weighted by Gasteiger charge is 2.42. The summed E-state index contributed by atoms with van der Waals surface area (Å²) in [5.74, 6) is -3.12. The summed E-state index contributed by atoms with van der Waals surface area (Å²) in [4.78, 5) is 34.8. The van der Waals surface area contributed by atoms with E-state index >= 15 is 0 Å². The molecule has 3 N–H and O–H groups in total. The lowest BCUT2D eigenvalue weighted by atomic mass is 9.98. The number of nitrogens with one attached hydrogen (secondary N) is 2. The Kier molecular flexibility index (Phi) is 6.71. The number of benzene rings is 2. The zero-order valence-electron chi connectivity index (χ0n) is 17.0. The molecule has 0 aromatic heterocycles. The van der Waals surface area contributed by atoms with E-state index in [4.69, 9.17) is 9.84 Å². The molecule has 2 aromatic rings. The number of carboxylic acid groups (broad SMARTS) is 1. The molecule has 0 bridgehead atoms. The van der Waals surface area contributed by atoms with E-state index in [-0.39, 0.29) is 12.5 Å². The highest BCUT2D eigenvalue weighted by atomic mass is 19.4. The molecule has 170 valence electrons. The number of carbonyl (C=O) groups is 3. The maximum atomic E-state index is 12.9. The number of carboxylic acids is 1. The van der Waals surface area contributed by atoms with Crippen LogP contribution in [0, 0.1) is 0 Å². The molecular weight excluding hydrogens is 429 g/mol. The van der Waals surface area contributed by atoms with Crippen molar-refractivity contribution in [2.45, 2.75) is 37.5 Å². The van der Waals surface area contributed by atoms with E-state index in [9.17, 15) is 27.6 Å². The van der Waals surface area contributed by atoms with Gasteiger partial charge in [0, 0.05) is 5.92 Å². The van der Waals surface area contributed by atoms with Gasteiger partial charge in [-0.2, -0.15) is 13.2 Å². The summed E-state index contributed by atoms with van der Waals surface area (Å²) in [7, 11) is 0. The molecule has 2 amide bonds. The van der Waals surface area contributed by atoms with E-state index in [2.05, 4.69) is 5.32 Å². The summed E-state index contributed by atoms with van der Waals surface area (Å²) in [6.45, 7) is 1.14. The Morgan fingerprint density at radius 3 is 2.03 bits per heavy atom. The highest BCUT2D eigenvalue weighted by molar-refractivity contribution is 5.86. The van der Waals surface area contributed by atoms with E-state index in [1.807, 2.05) is 48.5 Å². The van der Waals surface area contributed by atoms with Crippen molar-refractivity contribution < 1.29 is 37.4 Å². The van der Waals surface area contributed by atoms with E-state index < -0.39 is 42.7 Å². The molecule has 1 unspecified atom stereocenters. The van der Waals surface area contributed by atoms with E-state index in [1.54, 1.807) is 5.32 Å². The SMILES string of the molecule is C[C@@H](NC(=O)OCC1c2ccccc2-c2ccccc21)C(=O)NC(CC(=O)O)C(F)(F)F. The van der Waals surface area contributed by atoms with Crippen molar-refractivity contribution >= 4 is 18.0 Å². The number of alkyl carbamates (subject to hydrolysis) is 1. The predicted molar refractivity (Wildman–Crippen MR) is 108 cm³/mol. The minimum absolute atomic E-state index is 0.0294. The number of hydrogen-bond acceptors (Lipinski definition) is 4. The third kappa shape index (κ3) is 5.19. The van der Waals surface area contributed by atoms with Crippen LogP contribution in [0.3, 0.4) is 0 Å².